The Bertz CT molecular complexity index is 879. The first-order chi connectivity index (χ1) is 11.9. The monoisotopic (exact) mass is 357 g/mol. The first-order valence-corrected chi connectivity index (χ1v) is 8.42. The van der Waals surface area contributed by atoms with Crippen LogP contribution >= 0.6 is 11.6 Å². The van der Waals surface area contributed by atoms with Crippen LogP contribution in [0.2, 0.25) is 5.02 Å². The summed E-state index contributed by atoms with van der Waals surface area (Å²) in [6, 6.07) is 9.46. The van der Waals surface area contributed by atoms with Gasteiger partial charge in [0, 0.05) is 18.5 Å². The Kier molecular flexibility index (Phi) is 4.90. The number of nitrogens with zero attached hydrogens (tertiary/aromatic N) is 4. The third-order valence-electron chi connectivity index (χ3n) is 4.12. The van der Waals surface area contributed by atoms with Gasteiger partial charge in [-0.2, -0.15) is 10.2 Å². The number of carbonyl (C=O) groups is 1. The number of hydrogen-bond acceptors (Lipinski definition) is 3. The molecule has 2 heterocycles. The maximum absolute atomic E-state index is 12.4. The number of rotatable bonds is 5. The summed E-state index contributed by atoms with van der Waals surface area (Å²) in [6.45, 7) is 6.30. The molecule has 1 atom stereocenters. The molecule has 0 saturated heterocycles. The van der Waals surface area contributed by atoms with Gasteiger partial charge in [0.2, 0.25) is 5.91 Å². The molecule has 0 saturated carbocycles. The summed E-state index contributed by atoms with van der Waals surface area (Å²) in [5.74, 6) is 0.320. The molecule has 6 nitrogen and oxygen atoms in total. The van der Waals surface area contributed by atoms with Crippen molar-refractivity contribution in [1.82, 2.24) is 19.6 Å². The van der Waals surface area contributed by atoms with Gasteiger partial charge >= 0.3 is 0 Å². The van der Waals surface area contributed by atoms with Crippen molar-refractivity contribution >= 4 is 23.3 Å². The molecule has 1 N–H and O–H groups in total. The average Bonchev–Trinajstić information content (AvgIpc) is 3.15. The van der Waals surface area contributed by atoms with Gasteiger partial charge in [-0.25, -0.2) is 0 Å². The second kappa shape index (κ2) is 7.11. The number of hydrogen-bond donors (Lipinski definition) is 1. The molecular weight excluding hydrogens is 338 g/mol. The largest absolute Gasteiger partial charge is 0.307 e. The fourth-order valence-electron chi connectivity index (χ4n) is 2.49. The van der Waals surface area contributed by atoms with E-state index in [1.807, 2.05) is 18.3 Å². The molecule has 7 heteroatoms. The lowest BCUT2D eigenvalue weighted by Crippen LogP contribution is -2.24. The Hall–Kier alpha value is -2.60. The van der Waals surface area contributed by atoms with Gasteiger partial charge in [-0.15, -0.1) is 0 Å². The maximum Gasteiger partial charge on any atom is 0.250 e. The van der Waals surface area contributed by atoms with Crippen LogP contribution in [-0.2, 0) is 11.3 Å². The molecule has 130 valence electrons. The SMILES string of the molecule is Cc1ccccc1Cn1ccc(NC(=O)C(C)n2cc(Cl)c(C)n2)n1. The van der Waals surface area contributed by atoms with Gasteiger partial charge in [0.1, 0.15) is 6.04 Å². The van der Waals surface area contributed by atoms with Crippen molar-refractivity contribution in [2.75, 3.05) is 5.32 Å². The summed E-state index contributed by atoms with van der Waals surface area (Å²) >= 11 is 6.00. The van der Waals surface area contributed by atoms with E-state index in [1.165, 1.54) is 11.1 Å². The minimum absolute atomic E-state index is 0.194. The number of halogens is 1. The van der Waals surface area contributed by atoms with E-state index >= 15 is 0 Å². The number of amides is 1. The van der Waals surface area contributed by atoms with E-state index < -0.39 is 6.04 Å². The van der Waals surface area contributed by atoms with Crippen LogP contribution in [0.15, 0.2) is 42.7 Å². The van der Waals surface area contributed by atoms with Crippen molar-refractivity contribution in [1.29, 1.82) is 0 Å². The Morgan fingerprint density at radius 3 is 2.68 bits per heavy atom. The predicted molar refractivity (Wildman–Crippen MR) is 97.8 cm³/mol. The highest BCUT2D eigenvalue weighted by Gasteiger charge is 2.18. The zero-order valence-corrected chi connectivity index (χ0v) is 15.2. The lowest BCUT2D eigenvalue weighted by molar-refractivity contribution is -0.119. The number of anilines is 1. The highest BCUT2D eigenvalue weighted by atomic mass is 35.5. The Morgan fingerprint density at radius 1 is 1.24 bits per heavy atom. The van der Waals surface area contributed by atoms with Gasteiger partial charge in [-0.05, 0) is 31.9 Å². The van der Waals surface area contributed by atoms with Gasteiger partial charge < -0.3 is 5.32 Å². The van der Waals surface area contributed by atoms with E-state index in [2.05, 4.69) is 34.6 Å². The van der Waals surface area contributed by atoms with Crippen LogP contribution in [0.5, 0.6) is 0 Å². The van der Waals surface area contributed by atoms with Gasteiger partial charge in [0.15, 0.2) is 5.82 Å². The molecule has 1 aromatic carbocycles. The standard InChI is InChI=1S/C18H20ClN5O/c1-12-6-4-5-7-15(12)10-23-9-8-17(22-23)20-18(25)14(3)24-11-16(19)13(2)21-24/h4-9,11,14H,10H2,1-3H3,(H,20,22,25). The Balaban J connectivity index is 1.66. The van der Waals surface area contributed by atoms with E-state index in [1.54, 1.807) is 35.5 Å². The third-order valence-corrected chi connectivity index (χ3v) is 4.49. The van der Waals surface area contributed by atoms with Crippen LogP contribution < -0.4 is 5.32 Å². The van der Waals surface area contributed by atoms with Gasteiger partial charge in [0.25, 0.3) is 0 Å². The van der Waals surface area contributed by atoms with Crippen molar-refractivity contribution in [3.63, 3.8) is 0 Å². The quantitative estimate of drug-likeness (QED) is 0.758. The number of aromatic nitrogens is 4. The van der Waals surface area contributed by atoms with Crippen LogP contribution in [0.4, 0.5) is 5.82 Å². The van der Waals surface area contributed by atoms with Crippen molar-refractivity contribution in [3.8, 4) is 0 Å². The fourth-order valence-corrected chi connectivity index (χ4v) is 2.62. The lowest BCUT2D eigenvalue weighted by Gasteiger charge is -2.11. The predicted octanol–water partition coefficient (Wildman–Crippen LogP) is 3.60. The summed E-state index contributed by atoms with van der Waals surface area (Å²) < 4.78 is 3.36. The summed E-state index contributed by atoms with van der Waals surface area (Å²) in [6.07, 6.45) is 3.50. The lowest BCUT2D eigenvalue weighted by atomic mass is 10.1. The molecule has 3 rings (SSSR count). The number of aryl methyl sites for hydroxylation is 2. The summed E-state index contributed by atoms with van der Waals surface area (Å²) in [5, 5.41) is 12.0. The smallest absolute Gasteiger partial charge is 0.250 e. The molecule has 2 aromatic heterocycles. The molecular formula is C18H20ClN5O. The van der Waals surface area contributed by atoms with Crippen LogP contribution in [-0.4, -0.2) is 25.5 Å². The maximum atomic E-state index is 12.4. The summed E-state index contributed by atoms with van der Waals surface area (Å²) in [4.78, 5) is 12.4. The second-order valence-corrected chi connectivity index (χ2v) is 6.44. The third kappa shape index (κ3) is 3.91. The van der Waals surface area contributed by atoms with Crippen molar-refractivity contribution in [2.24, 2.45) is 0 Å². The molecule has 3 aromatic rings. The normalized spacial score (nSPS) is 12.2. The van der Waals surface area contributed by atoms with Crippen molar-refractivity contribution in [3.05, 3.63) is 64.6 Å². The highest BCUT2D eigenvalue weighted by molar-refractivity contribution is 6.31. The van der Waals surface area contributed by atoms with Crippen molar-refractivity contribution in [2.45, 2.75) is 33.4 Å². The molecule has 0 aliphatic heterocycles. The average molecular weight is 358 g/mol. The summed E-state index contributed by atoms with van der Waals surface area (Å²) in [7, 11) is 0. The summed E-state index contributed by atoms with van der Waals surface area (Å²) in [5.41, 5.74) is 3.10. The Morgan fingerprint density at radius 2 is 2.00 bits per heavy atom. The second-order valence-electron chi connectivity index (χ2n) is 6.03. The fraction of sp³-hybridized carbons (Fsp3) is 0.278. The van der Waals surface area contributed by atoms with Gasteiger partial charge in [-0.3, -0.25) is 14.2 Å². The van der Waals surface area contributed by atoms with E-state index in [-0.39, 0.29) is 5.91 Å². The topological polar surface area (TPSA) is 64.7 Å². The molecule has 0 aliphatic rings. The minimum Gasteiger partial charge on any atom is -0.307 e. The molecule has 0 spiro atoms. The van der Waals surface area contributed by atoms with E-state index in [9.17, 15) is 4.79 Å². The highest BCUT2D eigenvalue weighted by Crippen LogP contribution is 2.17. The molecule has 1 unspecified atom stereocenters. The van der Waals surface area contributed by atoms with E-state index in [0.717, 1.165) is 0 Å². The van der Waals surface area contributed by atoms with Crippen LogP contribution in [0, 0.1) is 13.8 Å². The van der Waals surface area contributed by atoms with Crippen molar-refractivity contribution < 1.29 is 4.79 Å². The van der Waals surface area contributed by atoms with Gasteiger partial charge in [-0.1, -0.05) is 35.9 Å². The molecule has 25 heavy (non-hydrogen) atoms. The van der Waals surface area contributed by atoms with Crippen LogP contribution in [0.25, 0.3) is 0 Å². The zero-order chi connectivity index (χ0) is 18.0. The number of nitrogens with one attached hydrogen (secondary N) is 1. The van der Waals surface area contributed by atoms with Crippen LogP contribution in [0.1, 0.15) is 29.8 Å². The first kappa shape index (κ1) is 17.2. The van der Waals surface area contributed by atoms with E-state index in [0.29, 0.717) is 23.1 Å². The molecule has 0 aliphatic carbocycles. The van der Waals surface area contributed by atoms with E-state index in [4.69, 9.17) is 11.6 Å². The molecule has 1 amide bonds. The minimum atomic E-state index is -0.479. The van der Waals surface area contributed by atoms with Crippen LogP contribution in [0.3, 0.4) is 0 Å². The molecule has 0 fully saturated rings. The first-order valence-electron chi connectivity index (χ1n) is 8.04. The molecule has 0 radical (unpaired) electrons. The zero-order valence-electron chi connectivity index (χ0n) is 14.4. The number of carbonyl (C=O) groups excluding carboxylic acids is 1. The number of benzene rings is 1. The molecule has 0 bridgehead atoms. The van der Waals surface area contributed by atoms with Gasteiger partial charge in [0.05, 0.1) is 17.3 Å². The Labute approximate surface area is 151 Å².